The lowest BCUT2D eigenvalue weighted by atomic mass is 10.1. The summed E-state index contributed by atoms with van der Waals surface area (Å²) in [5, 5.41) is 0. The Hall–Kier alpha value is 0.157. The number of unbranched alkanes of at least 4 members (excludes halogenated alkanes) is 7. The number of hydrogen-bond donors (Lipinski definition) is 0. The second-order valence-electron chi connectivity index (χ2n) is 5.67. The van der Waals surface area contributed by atoms with Crippen LogP contribution in [0.15, 0.2) is 12.7 Å². The van der Waals surface area contributed by atoms with Crippen LogP contribution in [0.1, 0.15) is 51.4 Å². The van der Waals surface area contributed by atoms with Crippen molar-refractivity contribution in [1.29, 1.82) is 0 Å². The molecule has 0 atom stereocenters. The number of carbonyl (C=O) groups excluding carboxylic acids is 1. The summed E-state index contributed by atoms with van der Waals surface area (Å²) in [4.78, 5) is 10.8. The van der Waals surface area contributed by atoms with Gasteiger partial charge in [-0.15, -0.1) is 21.8 Å². The first kappa shape index (κ1) is 19.2. The van der Waals surface area contributed by atoms with E-state index in [1.165, 1.54) is 50.6 Å². The van der Waals surface area contributed by atoms with E-state index in [0.29, 0.717) is 6.61 Å². The van der Waals surface area contributed by atoms with Crippen LogP contribution in [0.25, 0.3) is 0 Å². The first-order valence-corrected chi connectivity index (χ1v) is 13.8. The van der Waals surface area contributed by atoms with E-state index in [4.69, 9.17) is 4.74 Å². The topological polar surface area (TPSA) is 26.3 Å². The first-order valence-electron chi connectivity index (χ1n) is 7.44. The summed E-state index contributed by atoms with van der Waals surface area (Å²) < 4.78 is 4.93. The molecule has 0 aromatic rings. The van der Waals surface area contributed by atoms with Crippen molar-refractivity contribution in [2.75, 3.05) is 6.61 Å². The third kappa shape index (κ3) is 16.1. The molecule has 0 bridgehead atoms. The highest BCUT2D eigenvalue weighted by molar-refractivity contribution is 14.1. The van der Waals surface area contributed by atoms with Crippen molar-refractivity contribution in [3.05, 3.63) is 12.7 Å². The van der Waals surface area contributed by atoms with Crippen molar-refractivity contribution in [2.24, 2.45) is 0 Å². The highest BCUT2D eigenvalue weighted by atomic mass is 127. The van der Waals surface area contributed by atoms with Crippen molar-refractivity contribution in [3.63, 3.8) is 0 Å². The van der Waals surface area contributed by atoms with Gasteiger partial charge in [0.1, 0.15) is 5.57 Å². The summed E-state index contributed by atoms with van der Waals surface area (Å²) in [5.74, 6) is -0.304. The Labute approximate surface area is 132 Å². The van der Waals surface area contributed by atoms with E-state index in [2.05, 4.69) is 41.5 Å². The highest BCUT2D eigenvalue weighted by Crippen LogP contribution is 2.21. The largest absolute Gasteiger partial charge is 0.463 e. The summed E-state index contributed by atoms with van der Waals surface area (Å²) in [6.45, 7) is 8.78. The van der Waals surface area contributed by atoms with Crippen LogP contribution in [0.2, 0.25) is 19.1 Å². The molecule has 0 aliphatic heterocycles. The lowest BCUT2D eigenvalue weighted by Gasteiger charge is -2.12. The summed E-state index contributed by atoms with van der Waals surface area (Å²) in [7, 11) is 0. The Morgan fingerprint density at radius 1 is 1.05 bits per heavy atom. The molecule has 19 heavy (non-hydrogen) atoms. The molecule has 2 nitrogen and oxygen atoms in total. The van der Waals surface area contributed by atoms with Crippen molar-refractivity contribution >= 4 is 33.3 Å². The average Bonchev–Trinajstić information content (AvgIpc) is 2.34. The zero-order chi connectivity index (χ0) is 14.6. The second-order valence-corrected chi connectivity index (χ2v) is 18.4. The molecule has 0 heterocycles. The fourth-order valence-electron chi connectivity index (χ4n) is 1.94. The molecule has 0 saturated carbocycles. The lowest BCUT2D eigenvalue weighted by Crippen LogP contribution is -2.13. The Kier molecular flexibility index (Phi) is 12.0. The van der Waals surface area contributed by atoms with Gasteiger partial charge in [0.05, 0.1) is 6.61 Å². The van der Waals surface area contributed by atoms with E-state index < -0.39 is 5.57 Å². The third-order valence-electron chi connectivity index (χ3n) is 3.08. The maximum atomic E-state index is 10.8. The fourth-order valence-corrected chi connectivity index (χ4v) is 4.17. The minimum Gasteiger partial charge on any atom is -0.463 e. The van der Waals surface area contributed by atoms with Gasteiger partial charge >= 0.3 is 5.97 Å². The minimum atomic E-state index is -0.839. The van der Waals surface area contributed by atoms with Gasteiger partial charge in [-0.25, -0.2) is 4.79 Å². The SMILES string of the molecule is C=CC(=O)OCCCCCCCCCC[Si](C)(C)I. The predicted molar refractivity (Wildman–Crippen MR) is 94.4 cm³/mol. The molecule has 0 spiro atoms. The van der Waals surface area contributed by atoms with E-state index in [9.17, 15) is 4.79 Å². The molecule has 0 radical (unpaired) electrons. The Balaban J connectivity index is 3.11. The molecule has 4 heteroatoms. The molecule has 0 aromatic carbocycles. The van der Waals surface area contributed by atoms with Crippen LogP contribution in [0.3, 0.4) is 0 Å². The van der Waals surface area contributed by atoms with Crippen LogP contribution in [-0.4, -0.2) is 18.1 Å². The molecular formula is C15H29IO2Si. The molecule has 0 rings (SSSR count). The van der Waals surface area contributed by atoms with E-state index >= 15 is 0 Å². The van der Waals surface area contributed by atoms with Crippen LogP contribution in [-0.2, 0) is 9.53 Å². The van der Waals surface area contributed by atoms with E-state index in [1.54, 1.807) is 0 Å². The predicted octanol–water partition coefficient (Wildman–Crippen LogP) is 5.48. The zero-order valence-electron chi connectivity index (χ0n) is 12.5. The van der Waals surface area contributed by atoms with Crippen molar-refractivity contribution in [3.8, 4) is 0 Å². The minimum absolute atomic E-state index is 0.304. The van der Waals surface area contributed by atoms with Gasteiger partial charge in [0, 0.05) is 6.08 Å². The number of hydrogen-bond acceptors (Lipinski definition) is 2. The van der Waals surface area contributed by atoms with Gasteiger partial charge in [-0.05, 0) is 12.5 Å². The molecule has 0 amide bonds. The molecule has 0 saturated heterocycles. The summed E-state index contributed by atoms with van der Waals surface area (Å²) in [6, 6.07) is 1.46. The first-order chi connectivity index (χ1) is 8.95. The highest BCUT2D eigenvalue weighted by Gasteiger charge is 2.14. The quantitative estimate of drug-likeness (QED) is 0.109. The van der Waals surface area contributed by atoms with Gasteiger partial charge in [0.2, 0.25) is 0 Å². The number of carbonyl (C=O) groups is 1. The smallest absolute Gasteiger partial charge is 0.330 e. The van der Waals surface area contributed by atoms with Crippen molar-refractivity contribution < 1.29 is 9.53 Å². The second kappa shape index (κ2) is 11.9. The van der Waals surface area contributed by atoms with Gasteiger partial charge in [0.25, 0.3) is 0 Å². The van der Waals surface area contributed by atoms with Gasteiger partial charge in [0.15, 0.2) is 0 Å². The van der Waals surface area contributed by atoms with Crippen molar-refractivity contribution in [1.82, 2.24) is 0 Å². The van der Waals surface area contributed by atoms with Gasteiger partial charge in [-0.3, -0.25) is 0 Å². The van der Waals surface area contributed by atoms with Gasteiger partial charge in [-0.1, -0.05) is 64.6 Å². The monoisotopic (exact) mass is 396 g/mol. The van der Waals surface area contributed by atoms with Crippen LogP contribution in [0.4, 0.5) is 0 Å². The molecule has 0 fully saturated rings. The molecule has 0 aromatic heterocycles. The van der Waals surface area contributed by atoms with Crippen LogP contribution in [0.5, 0.6) is 0 Å². The fraction of sp³-hybridized carbons (Fsp3) is 0.800. The van der Waals surface area contributed by atoms with E-state index in [1.807, 2.05) is 0 Å². The Bertz CT molecular complexity index is 249. The van der Waals surface area contributed by atoms with Gasteiger partial charge < -0.3 is 4.74 Å². The van der Waals surface area contributed by atoms with Crippen LogP contribution < -0.4 is 0 Å². The normalized spacial score (nSPS) is 11.3. The summed E-state index contributed by atoms with van der Waals surface area (Å²) in [6.07, 6.45) is 11.5. The van der Waals surface area contributed by atoms with Gasteiger partial charge in [-0.2, -0.15) is 0 Å². The third-order valence-corrected chi connectivity index (χ3v) is 6.24. The van der Waals surface area contributed by atoms with E-state index in [-0.39, 0.29) is 5.97 Å². The molecule has 0 unspecified atom stereocenters. The Morgan fingerprint density at radius 3 is 2.00 bits per heavy atom. The Morgan fingerprint density at radius 2 is 1.53 bits per heavy atom. The van der Waals surface area contributed by atoms with Crippen molar-refractivity contribution in [2.45, 2.75) is 70.5 Å². The van der Waals surface area contributed by atoms with E-state index in [0.717, 1.165) is 12.8 Å². The number of halogens is 1. The molecular weight excluding hydrogens is 367 g/mol. The molecule has 0 aliphatic carbocycles. The maximum absolute atomic E-state index is 10.8. The average molecular weight is 396 g/mol. The molecule has 112 valence electrons. The maximum Gasteiger partial charge on any atom is 0.330 e. The standard InChI is InChI=1S/C15H29IO2Si/c1-4-15(17)18-13-11-9-7-5-6-8-10-12-14-19(2,3)16/h4H,1,5-14H2,2-3H3. The molecule has 0 N–H and O–H groups in total. The van der Waals surface area contributed by atoms with Crippen LogP contribution in [0, 0.1) is 0 Å². The lowest BCUT2D eigenvalue weighted by molar-refractivity contribution is -0.137. The zero-order valence-corrected chi connectivity index (χ0v) is 15.7. The number of rotatable bonds is 12. The summed E-state index contributed by atoms with van der Waals surface area (Å²) in [5.41, 5.74) is -0.839. The van der Waals surface area contributed by atoms with Crippen LogP contribution >= 0.6 is 21.8 Å². The number of ether oxygens (including phenoxy) is 1. The molecule has 0 aliphatic rings. The summed E-state index contributed by atoms with van der Waals surface area (Å²) >= 11 is 2.67. The number of esters is 1.